The molecule has 1 rings (SSSR count). The molecule has 114 valence electrons. The van der Waals surface area contributed by atoms with E-state index in [4.69, 9.17) is 4.74 Å². The molecule has 0 aliphatic carbocycles. The SMILES string of the molecule is CCC(CC)NC(=O)COc1cc(C=O)ccc1[N+](=O)[O-]. The predicted octanol–water partition coefficient (Wildman–Crippen LogP) is 2.09. The van der Waals surface area contributed by atoms with E-state index in [0.29, 0.717) is 6.29 Å². The van der Waals surface area contributed by atoms with Crippen LogP contribution in [0.2, 0.25) is 0 Å². The highest BCUT2D eigenvalue weighted by Gasteiger charge is 2.17. The second-order valence-corrected chi connectivity index (χ2v) is 4.47. The molecule has 7 heteroatoms. The largest absolute Gasteiger partial charge is 0.477 e. The van der Waals surface area contributed by atoms with E-state index in [1.165, 1.54) is 18.2 Å². The maximum atomic E-state index is 11.7. The van der Waals surface area contributed by atoms with Crippen molar-refractivity contribution in [3.05, 3.63) is 33.9 Å². The quantitative estimate of drug-likeness (QED) is 0.449. The Hall–Kier alpha value is -2.44. The second kappa shape index (κ2) is 7.98. The first kappa shape index (κ1) is 16.6. The van der Waals surface area contributed by atoms with Crippen LogP contribution in [0.1, 0.15) is 37.0 Å². The average molecular weight is 294 g/mol. The van der Waals surface area contributed by atoms with E-state index in [1.54, 1.807) is 0 Å². The maximum Gasteiger partial charge on any atom is 0.310 e. The Morgan fingerprint density at radius 3 is 2.62 bits per heavy atom. The number of nitrogens with zero attached hydrogens (tertiary/aromatic N) is 1. The van der Waals surface area contributed by atoms with E-state index in [1.807, 2.05) is 13.8 Å². The van der Waals surface area contributed by atoms with Crippen LogP contribution >= 0.6 is 0 Å². The normalized spacial score (nSPS) is 10.2. The minimum Gasteiger partial charge on any atom is -0.477 e. The molecular formula is C14H18N2O5. The standard InChI is InChI=1S/C14H18N2O5/c1-3-11(4-2)15-14(18)9-21-13-7-10(8-17)5-6-12(13)16(19)20/h5-8,11H,3-4,9H2,1-2H3,(H,15,18). The number of hydrogen-bond donors (Lipinski definition) is 1. The number of hydrogen-bond acceptors (Lipinski definition) is 5. The van der Waals surface area contributed by atoms with Crippen molar-refractivity contribution in [3.63, 3.8) is 0 Å². The topological polar surface area (TPSA) is 98.5 Å². The zero-order chi connectivity index (χ0) is 15.8. The van der Waals surface area contributed by atoms with Gasteiger partial charge in [-0.3, -0.25) is 19.7 Å². The zero-order valence-electron chi connectivity index (χ0n) is 12.0. The van der Waals surface area contributed by atoms with Crippen molar-refractivity contribution in [2.45, 2.75) is 32.7 Å². The van der Waals surface area contributed by atoms with E-state index in [9.17, 15) is 19.7 Å². The Bertz CT molecular complexity index is 526. The molecule has 1 aromatic carbocycles. The lowest BCUT2D eigenvalue weighted by Gasteiger charge is -2.15. The highest BCUT2D eigenvalue weighted by atomic mass is 16.6. The van der Waals surface area contributed by atoms with Gasteiger partial charge < -0.3 is 10.1 Å². The summed E-state index contributed by atoms with van der Waals surface area (Å²) in [5.74, 6) is -0.446. The molecule has 0 heterocycles. The molecule has 0 radical (unpaired) electrons. The number of carbonyl (C=O) groups excluding carboxylic acids is 2. The molecule has 7 nitrogen and oxygen atoms in total. The number of nitrogens with one attached hydrogen (secondary N) is 1. The van der Waals surface area contributed by atoms with Crippen molar-refractivity contribution in [2.24, 2.45) is 0 Å². The Balaban J connectivity index is 2.75. The van der Waals surface area contributed by atoms with Gasteiger partial charge in [0.15, 0.2) is 12.4 Å². The minimum absolute atomic E-state index is 0.0531. The fourth-order valence-corrected chi connectivity index (χ4v) is 1.78. The summed E-state index contributed by atoms with van der Waals surface area (Å²) >= 11 is 0. The van der Waals surface area contributed by atoms with Crippen molar-refractivity contribution in [2.75, 3.05) is 6.61 Å². The van der Waals surface area contributed by atoms with E-state index in [0.717, 1.165) is 12.8 Å². The van der Waals surface area contributed by atoms with Crippen LogP contribution in [0, 0.1) is 10.1 Å². The maximum absolute atomic E-state index is 11.7. The predicted molar refractivity (Wildman–Crippen MR) is 76.5 cm³/mol. The molecule has 1 amide bonds. The summed E-state index contributed by atoms with van der Waals surface area (Å²) < 4.78 is 5.18. The summed E-state index contributed by atoms with van der Waals surface area (Å²) in [4.78, 5) is 32.7. The second-order valence-electron chi connectivity index (χ2n) is 4.47. The molecule has 0 saturated carbocycles. The first-order valence-corrected chi connectivity index (χ1v) is 6.67. The van der Waals surface area contributed by atoms with Crippen LogP contribution in [0.3, 0.4) is 0 Å². The molecule has 0 fully saturated rings. The van der Waals surface area contributed by atoms with E-state index < -0.39 is 4.92 Å². The van der Waals surface area contributed by atoms with Crippen LogP contribution in [0.15, 0.2) is 18.2 Å². The third kappa shape index (κ3) is 4.87. The highest BCUT2D eigenvalue weighted by molar-refractivity contribution is 5.79. The molecule has 0 unspecified atom stereocenters. The smallest absolute Gasteiger partial charge is 0.310 e. The van der Waals surface area contributed by atoms with Gasteiger partial charge in [0.1, 0.15) is 6.29 Å². The first-order chi connectivity index (χ1) is 10.0. The third-order valence-electron chi connectivity index (χ3n) is 3.03. The van der Waals surface area contributed by atoms with Crippen LogP contribution in [0.4, 0.5) is 5.69 Å². The molecule has 0 saturated heterocycles. The summed E-state index contributed by atoms with van der Waals surface area (Å²) in [5.41, 5.74) is -0.0352. The van der Waals surface area contributed by atoms with Crippen LogP contribution < -0.4 is 10.1 Å². The van der Waals surface area contributed by atoms with Crippen molar-refractivity contribution >= 4 is 17.9 Å². The van der Waals surface area contributed by atoms with E-state index in [-0.39, 0.29) is 35.6 Å². The Morgan fingerprint density at radius 1 is 1.43 bits per heavy atom. The van der Waals surface area contributed by atoms with Gasteiger partial charge in [-0.05, 0) is 25.0 Å². The van der Waals surface area contributed by atoms with E-state index >= 15 is 0 Å². The summed E-state index contributed by atoms with van der Waals surface area (Å²) in [5, 5.41) is 13.6. The van der Waals surface area contributed by atoms with Gasteiger partial charge >= 0.3 is 5.69 Å². The van der Waals surface area contributed by atoms with E-state index in [2.05, 4.69) is 5.32 Å². The molecule has 0 bridgehead atoms. The number of nitro groups is 1. The van der Waals surface area contributed by atoms with Gasteiger partial charge in [0.05, 0.1) is 4.92 Å². The van der Waals surface area contributed by atoms with Gasteiger partial charge in [-0.2, -0.15) is 0 Å². The molecule has 0 aliphatic heterocycles. The molecular weight excluding hydrogens is 276 g/mol. The lowest BCUT2D eigenvalue weighted by molar-refractivity contribution is -0.385. The first-order valence-electron chi connectivity index (χ1n) is 6.67. The molecule has 0 spiro atoms. The van der Waals surface area contributed by atoms with Crippen LogP contribution in [-0.4, -0.2) is 29.8 Å². The highest BCUT2D eigenvalue weighted by Crippen LogP contribution is 2.27. The summed E-state index contributed by atoms with van der Waals surface area (Å²) in [6.07, 6.45) is 2.15. The van der Waals surface area contributed by atoms with Crippen LogP contribution in [-0.2, 0) is 4.79 Å². The fraction of sp³-hybridized carbons (Fsp3) is 0.429. The number of aldehydes is 1. The van der Waals surface area contributed by atoms with Gasteiger partial charge in [0, 0.05) is 17.7 Å². The Kier molecular flexibility index (Phi) is 6.32. The number of ether oxygens (including phenoxy) is 1. The Morgan fingerprint density at radius 2 is 2.10 bits per heavy atom. The minimum atomic E-state index is -0.622. The molecule has 0 atom stereocenters. The number of carbonyl (C=O) groups is 2. The number of rotatable bonds is 8. The van der Waals surface area contributed by atoms with Gasteiger partial charge in [-0.25, -0.2) is 0 Å². The monoisotopic (exact) mass is 294 g/mol. The number of amides is 1. The van der Waals surface area contributed by atoms with Gasteiger partial charge in [0.2, 0.25) is 0 Å². The van der Waals surface area contributed by atoms with Gasteiger partial charge in [0.25, 0.3) is 5.91 Å². The Labute approximate surface area is 122 Å². The number of nitro benzene ring substituents is 1. The molecule has 0 aliphatic rings. The zero-order valence-corrected chi connectivity index (χ0v) is 12.0. The average Bonchev–Trinajstić information content (AvgIpc) is 2.49. The summed E-state index contributed by atoms with van der Waals surface area (Å²) in [7, 11) is 0. The van der Waals surface area contributed by atoms with Crippen LogP contribution in [0.25, 0.3) is 0 Å². The van der Waals surface area contributed by atoms with Crippen LogP contribution in [0.5, 0.6) is 5.75 Å². The van der Waals surface area contributed by atoms with Crippen molar-refractivity contribution in [3.8, 4) is 5.75 Å². The van der Waals surface area contributed by atoms with Gasteiger partial charge in [-0.1, -0.05) is 13.8 Å². The number of benzene rings is 1. The molecule has 1 aromatic rings. The summed E-state index contributed by atoms with van der Waals surface area (Å²) in [6.45, 7) is 3.57. The lowest BCUT2D eigenvalue weighted by atomic mass is 10.2. The van der Waals surface area contributed by atoms with Gasteiger partial charge in [-0.15, -0.1) is 0 Å². The summed E-state index contributed by atoms with van der Waals surface area (Å²) in [6, 6.07) is 3.80. The molecule has 21 heavy (non-hydrogen) atoms. The lowest BCUT2D eigenvalue weighted by Crippen LogP contribution is -2.37. The third-order valence-corrected chi connectivity index (χ3v) is 3.03. The van der Waals surface area contributed by atoms with Crippen molar-refractivity contribution in [1.82, 2.24) is 5.32 Å². The molecule has 1 N–H and O–H groups in total. The molecule has 0 aromatic heterocycles. The van der Waals surface area contributed by atoms with Crippen molar-refractivity contribution < 1.29 is 19.2 Å². The van der Waals surface area contributed by atoms with Crippen molar-refractivity contribution in [1.29, 1.82) is 0 Å². The fourth-order valence-electron chi connectivity index (χ4n) is 1.78.